The number of rotatable bonds is 2. The van der Waals surface area contributed by atoms with E-state index in [4.69, 9.17) is 0 Å². The molecule has 2 rings (SSSR count). The number of ketones is 1. The van der Waals surface area contributed by atoms with Crippen molar-refractivity contribution in [3.63, 3.8) is 0 Å². The average Bonchev–Trinajstić information content (AvgIpc) is 2.33. The van der Waals surface area contributed by atoms with Crippen LogP contribution in [0.4, 0.5) is 0 Å². The van der Waals surface area contributed by atoms with Crippen molar-refractivity contribution < 1.29 is 9.90 Å². The smallest absolute Gasteiger partial charge is 0.159 e. The Morgan fingerprint density at radius 3 is 2.24 bits per heavy atom. The molecule has 0 amide bonds. The summed E-state index contributed by atoms with van der Waals surface area (Å²) in [7, 11) is 2.07. The normalized spacial score (nSPS) is 20.2. The van der Waals surface area contributed by atoms with E-state index in [0.717, 1.165) is 31.5 Å². The maximum Gasteiger partial charge on any atom is 0.159 e. The molecule has 1 aliphatic rings. The van der Waals surface area contributed by atoms with Gasteiger partial charge in [-0.05, 0) is 32.4 Å². The lowest BCUT2D eigenvalue weighted by atomic mass is 9.84. The molecule has 0 aromatic heterocycles. The molecule has 0 unspecified atom stereocenters. The van der Waals surface area contributed by atoms with Crippen molar-refractivity contribution in [1.82, 2.24) is 4.90 Å². The highest BCUT2D eigenvalue weighted by Crippen LogP contribution is 2.32. The van der Waals surface area contributed by atoms with Gasteiger partial charge in [-0.2, -0.15) is 0 Å². The first-order valence-electron chi connectivity index (χ1n) is 6.04. The van der Waals surface area contributed by atoms with Gasteiger partial charge in [0.2, 0.25) is 0 Å². The van der Waals surface area contributed by atoms with Crippen LogP contribution >= 0.6 is 0 Å². The van der Waals surface area contributed by atoms with Gasteiger partial charge in [0.25, 0.3) is 0 Å². The van der Waals surface area contributed by atoms with Crippen LogP contribution in [-0.4, -0.2) is 35.9 Å². The van der Waals surface area contributed by atoms with Crippen molar-refractivity contribution in [3.05, 3.63) is 35.4 Å². The summed E-state index contributed by atoms with van der Waals surface area (Å²) in [5.41, 5.74) is 0.905. The van der Waals surface area contributed by atoms with Crippen LogP contribution in [0.3, 0.4) is 0 Å². The van der Waals surface area contributed by atoms with E-state index in [2.05, 4.69) is 11.9 Å². The lowest BCUT2D eigenvalue weighted by Crippen LogP contribution is -2.40. The average molecular weight is 233 g/mol. The summed E-state index contributed by atoms with van der Waals surface area (Å²) >= 11 is 0. The first-order chi connectivity index (χ1) is 8.01. The van der Waals surface area contributed by atoms with Crippen LogP contribution in [0.25, 0.3) is 0 Å². The molecule has 0 spiro atoms. The molecule has 1 saturated heterocycles. The Morgan fingerprint density at radius 1 is 1.24 bits per heavy atom. The Balaban J connectivity index is 2.19. The number of hydrogen-bond donors (Lipinski definition) is 1. The lowest BCUT2D eigenvalue weighted by Gasteiger charge is -2.37. The minimum atomic E-state index is -0.720. The Bertz CT molecular complexity index is 403. The summed E-state index contributed by atoms with van der Waals surface area (Å²) in [5, 5.41) is 10.6. The van der Waals surface area contributed by atoms with Crippen LogP contribution in [-0.2, 0) is 5.60 Å². The predicted octanol–water partition coefficient (Wildman–Crippen LogP) is 1.80. The molecule has 17 heavy (non-hydrogen) atoms. The SMILES string of the molecule is CC(=O)c1ccc(C2(O)CCN(C)CC2)cc1. The Hall–Kier alpha value is -1.19. The van der Waals surface area contributed by atoms with Crippen molar-refractivity contribution in [2.75, 3.05) is 20.1 Å². The van der Waals surface area contributed by atoms with Gasteiger partial charge in [0.05, 0.1) is 5.60 Å². The molecule has 0 radical (unpaired) electrons. The third-order valence-corrected chi connectivity index (χ3v) is 3.64. The molecule has 0 bridgehead atoms. The first kappa shape index (κ1) is 12.3. The quantitative estimate of drug-likeness (QED) is 0.792. The van der Waals surface area contributed by atoms with Gasteiger partial charge < -0.3 is 10.0 Å². The summed E-state index contributed by atoms with van der Waals surface area (Å²) in [6.45, 7) is 3.37. The van der Waals surface area contributed by atoms with Gasteiger partial charge in [0, 0.05) is 18.7 Å². The second kappa shape index (κ2) is 4.59. The highest BCUT2D eigenvalue weighted by Gasteiger charge is 2.32. The van der Waals surface area contributed by atoms with Gasteiger partial charge in [-0.15, -0.1) is 0 Å². The standard InChI is InChI=1S/C14H19NO2/c1-11(16)12-3-5-13(6-4-12)14(17)7-9-15(2)10-8-14/h3-6,17H,7-10H2,1-2H3. The summed E-state index contributed by atoms with van der Waals surface area (Å²) in [4.78, 5) is 13.4. The Morgan fingerprint density at radius 2 is 1.76 bits per heavy atom. The Labute approximate surface area is 102 Å². The largest absolute Gasteiger partial charge is 0.385 e. The van der Waals surface area contributed by atoms with Gasteiger partial charge in [0.1, 0.15) is 0 Å². The van der Waals surface area contributed by atoms with Gasteiger partial charge in [-0.1, -0.05) is 24.3 Å². The number of hydrogen-bond acceptors (Lipinski definition) is 3. The maximum absolute atomic E-state index is 11.2. The second-order valence-electron chi connectivity index (χ2n) is 4.97. The number of likely N-dealkylation sites (tertiary alicyclic amines) is 1. The first-order valence-corrected chi connectivity index (χ1v) is 6.04. The molecule has 1 aromatic carbocycles. The van der Waals surface area contributed by atoms with Gasteiger partial charge in [-0.25, -0.2) is 0 Å². The number of Topliss-reactive ketones (excluding diaryl/α,β-unsaturated/α-hetero) is 1. The number of carbonyl (C=O) groups excluding carboxylic acids is 1. The van der Waals surface area contributed by atoms with Crippen LogP contribution in [0, 0.1) is 0 Å². The van der Waals surface area contributed by atoms with E-state index in [1.54, 1.807) is 19.1 Å². The molecule has 1 aliphatic heterocycles. The fraction of sp³-hybridized carbons (Fsp3) is 0.500. The Kier molecular flexibility index (Phi) is 3.31. The van der Waals surface area contributed by atoms with Crippen molar-refractivity contribution in [2.45, 2.75) is 25.4 Å². The lowest BCUT2D eigenvalue weighted by molar-refractivity contribution is -0.0203. The van der Waals surface area contributed by atoms with Crippen molar-refractivity contribution >= 4 is 5.78 Å². The molecule has 1 heterocycles. The number of benzene rings is 1. The highest BCUT2D eigenvalue weighted by molar-refractivity contribution is 5.94. The van der Waals surface area contributed by atoms with Gasteiger partial charge in [0.15, 0.2) is 5.78 Å². The fourth-order valence-electron chi connectivity index (χ4n) is 2.29. The topological polar surface area (TPSA) is 40.5 Å². The van der Waals surface area contributed by atoms with E-state index in [0.29, 0.717) is 5.56 Å². The van der Waals surface area contributed by atoms with E-state index in [1.807, 2.05) is 12.1 Å². The number of aliphatic hydroxyl groups is 1. The van der Waals surface area contributed by atoms with E-state index < -0.39 is 5.60 Å². The van der Waals surface area contributed by atoms with E-state index in [1.165, 1.54) is 0 Å². The number of piperidine rings is 1. The monoisotopic (exact) mass is 233 g/mol. The molecule has 0 atom stereocenters. The number of nitrogens with zero attached hydrogens (tertiary/aromatic N) is 1. The molecule has 1 N–H and O–H groups in total. The molecule has 1 fully saturated rings. The van der Waals surface area contributed by atoms with E-state index >= 15 is 0 Å². The summed E-state index contributed by atoms with van der Waals surface area (Å²) in [6.07, 6.45) is 1.51. The van der Waals surface area contributed by atoms with E-state index in [-0.39, 0.29) is 5.78 Å². The molecular formula is C14H19NO2. The minimum Gasteiger partial charge on any atom is -0.385 e. The molecular weight excluding hydrogens is 214 g/mol. The van der Waals surface area contributed by atoms with Gasteiger partial charge >= 0.3 is 0 Å². The third-order valence-electron chi connectivity index (χ3n) is 3.64. The fourth-order valence-corrected chi connectivity index (χ4v) is 2.29. The van der Waals surface area contributed by atoms with Crippen LogP contribution in [0.2, 0.25) is 0 Å². The van der Waals surface area contributed by atoms with Crippen LogP contribution < -0.4 is 0 Å². The zero-order valence-electron chi connectivity index (χ0n) is 10.4. The zero-order valence-corrected chi connectivity index (χ0v) is 10.4. The molecule has 3 nitrogen and oxygen atoms in total. The van der Waals surface area contributed by atoms with E-state index in [9.17, 15) is 9.90 Å². The van der Waals surface area contributed by atoms with Gasteiger partial charge in [-0.3, -0.25) is 4.79 Å². The molecule has 3 heteroatoms. The zero-order chi connectivity index (χ0) is 12.5. The van der Waals surface area contributed by atoms with Crippen molar-refractivity contribution in [3.8, 4) is 0 Å². The van der Waals surface area contributed by atoms with Crippen molar-refractivity contribution in [2.24, 2.45) is 0 Å². The molecule has 92 valence electrons. The summed E-state index contributed by atoms with van der Waals surface area (Å²) in [6, 6.07) is 7.35. The second-order valence-corrected chi connectivity index (χ2v) is 4.97. The highest BCUT2D eigenvalue weighted by atomic mass is 16.3. The molecule has 1 aromatic rings. The summed E-state index contributed by atoms with van der Waals surface area (Å²) < 4.78 is 0. The third kappa shape index (κ3) is 2.56. The van der Waals surface area contributed by atoms with Crippen LogP contribution in [0.1, 0.15) is 35.7 Å². The minimum absolute atomic E-state index is 0.0620. The predicted molar refractivity (Wildman–Crippen MR) is 67.1 cm³/mol. The van der Waals surface area contributed by atoms with Crippen LogP contribution in [0.15, 0.2) is 24.3 Å². The molecule has 0 saturated carbocycles. The van der Waals surface area contributed by atoms with Crippen LogP contribution in [0.5, 0.6) is 0 Å². The van der Waals surface area contributed by atoms with Crippen molar-refractivity contribution in [1.29, 1.82) is 0 Å². The maximum atomic E-state index is 11.2. The molecule has 0 aliphatic carbocycles. The number of carbonyl (C=O) groups is 1. The summed E-state index contributed by atoms with van der Waals surface area (Å²) in [5.74, 6) is 0.0620.